The molecular weight excluding hydrogens is 330 g/mol. The molecule has 2 atom stereocenters. The quantitative estimate of drug-likeness (QED) is 0.614. The van der Waals surface area contributed by atoms with Crippen LogP contribution in [0, 0.1) is 5.92 Å². The van der Waals surface area contributed by atoms with Crippen LogP contribution in [0.25, 0.3) is 0 Å². The number of hydrogen-bond donors (Lipinski definition) is 1. The summed E-state index contributed by atoms with van der Waals surface area (Å²) in [7, 11) is 0. The standard InChI is InChI=1S/C5H10I2O/c1-4(3-8)5(7)2-6/h4-5,8H,2-3H2,1H3. The number of hydrogen-bond acceptors (Lipinski definition) is 1. The van der Waals surface area contributed by atoms with Crippen molar-refractivity contribution in [1.29, 1.82) is 0 Å². The molecule has 0 heterocycles. The highest BCUT2D eigenvalue weighted by molar-refractivity contribution is 14.1. The van der Waals surface area contributed by atoms with Crippen LogP contribution in [0.15, 0.2) is 0 Å². The molecule has 2 unspecified atom stereocenters. The molecule has 0 aromatic carbocycles. The van der Waals surface area contributed by atoms with Crippen LogP contribution in [0.4, 0.5) is 0 Å². The second kappa shape index (κ2) is 5.22. The van der Waals surface area contributed by atoms with E-state index >= 15 is 0 Å². The summed E-state index contributed by atoms with van der Waals surface area (Å²) in [5.74, 6) is 0.451. The van der Waals surface area contributed by atoms with Gasteiger partial charge < -0.3 is 5.11 Å². The molecule has 0 fully saturated rings. The Bertz CT molecular complexity index is 50.4. The van der Waals surface area contributed by atoms with Crippen LogP contribution in [-0.2, 0) is 0 Å². The zero-order chi connectivity index (χ0) is 6.57. The van der Waals surface area contributed by atoms with Crippen LogP contribution in [0.1, 0.15) is 6.92 Å². The lowest BCUT2D eigenvalue weighted by Gasteiger charge is -2.11. The molecule has 3 heteroatoms. The average Bonchev–Trinajstić information content (AvgIpc) is 1.84. The van der Waals surface area contributed by atoms with Crippen LogP contribution in [0.5, 0.6) is 0 Å². The Hall–Kier alpha value is 1.42. The van der Waals surface area contributed by atoms with Crippen molar-refractivity contribution in [3.05, 3.63) is 0 Å². The molecule has 0 aromatic heterocycles. The van der Waals surface area contributed by atoms with Gasteiger partial charge in [-0.1, -0.05) is 52.1 Å². The molecule has 0 aliphatic carbocycles. The summed E-state index contributed by atoms with van der Waals surface area (Å²) in [5.41, 5.74) is 0. The number of rotatable bonds is 3. The zero-order valence-corrected chi connectivity index (χ0v) is 9.09. The third-order valence-electron chi connectivity index (χ3n) is 1.05. The second-order valence-electron chi connectivity index (χ2n) is 1.83. The molecule has 0 aliphatic heterocycles. The van der Waals surface area contributed by atoms with Crippen LogP contribution >= 0.6 is 45.2 Å². The van der Waals surface area contributed by atoms with E-state index < -0.39 is 0 Å². The Labute approximate surface area is 77.5 Å². The van der Waals surface area contributed by atoms with E-state index in [1.165, 1.54) is 0 Å². The molecule has 1 nitrogen and oxygen atoms in total. The summed E-state index contributed by atoms with van der Waals surface area (Å²) in [5, 5.41) is 8.63. The molecule has 50 valence electrons. The Kier molecular flexibility index (Phi) is 6.15. The molecule has 0 saturated heterocycles. The number of alkyl halides is 2. The third kappa shape index (κ3) is 3.45. The van der Waals surface area contributed by atoms with E-state index in [0.29, 0.717) is 16.4 Å². The molecular formula is C5H10I2O. The highest BCUT2D eigenvalue weighted by atomic mass is 127. The molecule has 0 amide bonds. The summed E-state index contributed by atoms with van der Waals surface area (Å²) >= 11 is 4.70. The molecule has 0 saturated carbocycles. The first-order valence-corrected chi connectivity index (χ1v) is 5.30. The second-order valence-corrected chi connectivity index (χ2v) is 4.31. The average molecular weight is 340 g/mol. The van der Waals surface area contributed by atoms with Crippen molar-refractivity contribution in [2.75, 3.05) is 11.0 Å². The number of aliphatic hydroxyl groups is 1. The van der Waals surface area contributed by atoms with Gasteiger partial charge in [0.15, 0.2) is 0 Å². The molecule has 0 bridgehead atoms. The lowest BCUT2D eigenvalue weighted by Crippen LogP contribution is -2.15. The SMILES string of the molecule is CC(CO)C(I)CI. The molecule has 0 radical (unpaired) electrons. The van der Waals surface area contributed by atoms with Gasteiger partial charge in [0.05, 0.1) is 0 Å². The van der Waals surface area contributed by atoms with Crippen molar-refractivity contribution in [2.45, 2.75) is 10.8 Å². The molecule has 1 N–H and O–H groups in total. The Balaban J connectivity index is 3.29. The van der Waals surface area contributed by atoms with Gasteiger partial charge in [-0.25, -0.2) is 0 Å². The van der Waals surface area contributed by atoms with Crippen LogP contribution < -0.4 is 0 Å². The summed E-state index contributed by atoms with van der Waals surface area (Å²) in [6, 6.07) is 0. The Morgan fingerprint density at radius 2 is 2.12 bits per heavy atom. The van der Waals surface area contributed by atoms with E-state index in [0.717, 1.165) is 4.43 Å². The van der Waals surface area contributed by atoms with Gasteiger partial charge in [-0.3, -0.25) is 0 Å². The Morgan fingerprint density at radius 3 is 2.25 bits per heavy atom. The minimum absolute atomic E-state index is 0.316. The maximum absolute atomic E-state index is 8.63. The van der Waals surface area contributed by atoms with Gasteiger partial charge in [-0.15, -0.1) is 0 Å². The van der Waals surface area contributed by atoms with E-state index in [-0.39, 0.29) is 0 Å². The maximum Gasteiger partial charge on any atom is 0.0466 e. The van der Waals surface area contributed by atoms with Crippen LogP contribution in [-0.4, -0.2) is 20.1 Å². The summed E-state index contributed by atoms with van der Waals surface area (Å²) in [4.78, 5) is 0. The van der Waals surface area contributed by atoms with Crippen LogP contribution in [0.2, 0.25) is 0 Å². The van der Waals surface area contributed by atoms with E-state index in [1.54, 1.807) is 0 Å². The van der Waals surface area contributed by atoms with Gasteiger partial charge in [-0.05, 0) is 5.92 Å². The van der Waals surface area contributed by atoms with Crippen LogP contribution in [0.3, 0.4) is 0 Å². The van der Waals surface area contributed by atoms with E-state index in [9.17, 15) is 0 Å². The minimum atomic E-state index is 0.316. The van der Waals surface area contributed by atoms with Crippen molar-refractivity contribution in [2.24, 2.45) is 5.92 Å². The first-order valence-electron chi connectivity index (χ1n) is 2.53. The summed E-state index contributed by atoms with van der Waals surface area (Å²) in [6.07, 6.45) is 0. The lowest BCUT2D eigenvalue weighted by molar-refractivity contribution is 0.241. The molecule has 0 aromatic rings. The van der Waals surface area contributed by atoms with Crippen molar-refractivity contribution in [3.8, 4) is 0 Å². The monoisotopic (exact) mass is 340 g/mol. The highest BCUT2D eigenvalue weighted by Crippen LogP contribution is 2.14. The minimum Gasteiger partial charge on any atom is -0.396 e. The van der Waals surface area contributed by atoms with E-state index in [2.05, 4.69) is 52.1 Å². The summed E-state index contributed by atoms with van der Waals surface area (Å²) < 4.78 is 1.75. The van der Waals surface area contributed by atoms with Gasteiger partial charge >= 0.3 is 0 Å². The van der Waals surface area contributed by atoms with Gasteiger partial charge in [0.25, 0.3) is 0 Å². The van der Waals surface area contributed by atoms with Crippen molar-refractivity contribution < 1.29 is 5.11 Å². The van der Waals surface area contributed by atoms with Gasteiger partial charge in [0, 0.05) is 15.0 Å². The van der Waals surface area contributed by atoms with Gasteiger partial charge in [0.2, 0.25) is 0 Å². The predicted molar refractivity (Wildman–Crippen MR) is 52.9 cm³/mol. The molecule has 0 aliphatic rings. The Morgan fingerprint density at radius 1 is 1.62 bits per heavy atom. The highest BCUT2D eigenvalue weighted by Gasteiger charge is 2.09. The fourth-order valence-corrected chi connectivity index (χ4v) is 1.36. The third-order valence-corrected chi connectivity index (χ3v) is 5.36. The summed E-state index contributed by atoms with van der Waals surface area (Å²) in [6.45, 7) is 2.38. The fraction of sp³-hybridized carbons (Fsp3) is 1.00. The largest absolute Gasteiger partial charge is 0.396 e. The fourth-order valence-electron chi connectivity index (χ4n) is 0.266. The maximum atomic E-state index is 8.63. The number of halogens is 2. The lowest BCUT2D eigenvalue weighted by atomic mass is 10.1. The van der Waals surface area contributed by atoms with Gasteiger partial charge in [0.1, 0.15) is 0 Å². The van der Waals surface area contributed by atoms with Crippen molar-refractivity contribution in [3.63, 3.8) is 0 Å². The normalized spacial score (nSPS) is 18.0. The predicted octanol–water partition coefficient (Wildman–Crippen LogP) is 1.85. The van der Waals surface area contributed by atoms with E-state index in [4.69, 9.17) is 5.11 Å². The smallest absolute Gasteiger partial charge is 0.0466 e. The first-order chi connectivity index (χ1) is 3.72. The van der Waals surface area contributed by atoms with E-state index in [1.807, 2.05) is 0 Å². The topological polar surface area (TPSA) is 20.2 Å². The molecule has 0 rings (SSSR count). The van der Waals surface area contributed by atoms with Crippen molar-refractivity contribution >= 4 is 45.2 Å². The zero-order valence-electron chi connectivity index (χ0n) is 4.77. The molecule has 8 heavy (non-hydrogen) atoms. The first kappa shape index (κ1) is 9.42. The molecule has 0 spiro atoms. The van der Waals surface area contributed by atoms with Crippen molar-refractivity contribution in [1.82, 2.24) is 0 Å². The van der Waals surface area contributed by atoms with Gasteiger partial charge in [-0.2, -0.15) is 0 Å². The number of aliphatic hydroxyl groups excluding tert-OH is 1.